The van der Waals surface area contributed by atoms with Crippen LogP contribution in [0.5, 0.6) is 0 Å². The first-order valence-corrected chi connectivity index (χ1v) is 10.2. The Bertz CT molecular complexity index is 613. The molecule has 2 atom stereocenters. The fourth-order valence-corrected chi connectivity index (χ4v) is 3.74. The van der Waals surface area contributed by atoms with Crippen LogP contribution >= 0.6 is 11.3 Å². The van der Waals surface area contributed by atoms with E-state index < -0.39 is 5.54 Å². The summed E-state index contributed by atoms with van der Waals surface area (Å²) in [5.74, 6) is 0.214. The van der Waals surface area contributed by atoms with E-state index in [9.17, 15) is 9.59 Å². The van der Waals surface area contributed by atoms with Crippen LogP contribution < -0.4 is 10.6 Å². The van der Waals surface area contributed by atoms with Gasteiger partial charge in [0.1, 0.15) is 11.6 Å². The molecule has 26 heavy (non-hydrogen) atoms. The van der Waals surface area contributed by atoms with Crippen molar-refractivity contribution in [3.63, 3.8) is 0 Å². The highest BCUT2D eigenvalue weighted by Crippen LogP contribution is 2.27. The van der Waals surface area contributed by atoms with Gasteiger partial charge in [0.15, 0.2) is 0 Å². The minimum atomic E-state index is -1.00. The predicted molar refractivity (Wildman–Crippen MR) is 100 cm³/mol. The van der Waals surface area contributed by atoms with Gasteiger partial charge >= 0.3 is 0 Å². The lowest BCUT2D eigenvalue weighted by atomic mass is 9.86. The predicted octanol–water partition coefficient (Wildman–Crippen LogP) is 2.35. The Morgan fingerprint density at radius 3 is 2.81 bits per heavy atom. The zero-order valence-electron chi connectivity index (χ0n) is 15.5. The molecule has 2 N–H and O–H groups in total. The molecule has 7 heteroatoms. The minimum Gasteiger partial charge on any atom is -0.379 e. The molecule has 0 bridgehead atoms. The molecule has 0 spiro atoms. The quantitative estimate of drug-likeness (QED) is 0.761. The Hall–Kier alpha value is -1.44. The maximum atomic E-state index is 12.8. The Balaban J connectivity index is 1.54. The van der Waals surface area contributed by atoms with E-state index >= 15 is 0 Å². The van der Waals surface area contributed by atoms with Crippen molar-refractivity contribution in [1.82, 2.24) is 10.6 Å². The molecule has 1 aromatic rings. The molecule has 144 valence electrons. The van der Waals surface area contributed by atoms with Gasteiger partial charge in [0.05, 0.1) is 17.5 Å². The van der Waals surface area contributed by atoms with Gasteiger partial charge in [-0.3, -0.25) is 9.59 Å². The summed E-state index contributed by atoms with van der Waals surface area (Å²) in [6.45, 7) is 5.28. The maximum Gasteiger partial charge on any atom is 0.262 e. The number of rotatable bonds is 7. The molecular formula is C19H28N2O4S. The lowest BCUT2D eigenvalue weighted by Crippen LogP contribution is -2.60. The van der Waals surface area contributed by atoms with Crippen LogP contribution in [-0.4, -0.2) is 49.3 Å². The highest BCUT2D eigenvalue weighted by molar-refractivity contribution is 7.12. The first kappa shape index (κ1) is 19.3. The van der Waals surface area contributed by atoms with Gasteiger partial charge in [-0.1, -0.05) is 12.5 Å². The van der Waals surface area contributed by atoms with Crippen LogP contribution in [0.25, 0.3) is 0 Å². The van der Waals surface area contributed by atoms with E-state index in [4.69, 9.17) is 9.47 Å². The summed E-state index contributed by atoms with van der Waals surface area (Å²) in [5, 5.41) is 7.72. The molecule has 2 aliphatic rings. The van der Waals surface area contributed by atoms with Crippen molar-refractivity contribution in [3.05, 3.63) is 22.4 Å². The van der Waals surface area contributed by atoms with Crippen molar-refractivity contribution >= 4 is 23.2 Å². The summed E-state index contributed by atoms with van der Waals surface area (Å²) < 4.78 is 11.6. The van der Waals surface area contributed by atoms with E-state index in [1.807, 2.05) is 11.4 Å². The van der Waals surface area contributed by atoms with Crippen LogP contribution in [0.1, 0.15) is 49.2 Å². The molecule has 2 unspecified atom stereocenters. The molecule has 2 amide bonds. The molecule has 1 saturated carbocycles. The molecule has 2 heterocycles. The molecular weight excluding hydrogens is 352 g/mol. The highest BCUT2D eigenvalue weighted by atomic mass is 32.1. The first-order valence-electron chi connectivity index (χ1n) is 9.32. The van der Waals surface area contributed by atoms with Gasteiger partial charge in [0.2, 0.25) is 5.91 Å². The largest absolute Gasteiger partial charge is 0.379 e. The number of carbonyl (C=O) groups excluding carboxylic acids is 2. The Morgan fingerprint density at radius 2 is 2.15 bits per heavy atom. The number of nitrogens with one attached hydrogen (secondary N) is 2. The van der Waals surface area contributed by atoms with Crippen LogP contribution in [0.4, 0.5) is 0 Å². The van der Waals surface area contributed by atoms with Crippen molar-refractivity contribution in [3.8, 4) is 0 Å². The molecule has 1 saturated heterocycles. The molecule has 0 radical (unpaired) electrons. The van der Waals surface area contributed by atoms with E-state index in [0.29, 0.717) is 24.0 Å². The van der Waals surface area contributed by atoms with Crippen LogP contribution in [0.3, 0.4) is 0 Å². The van der Waals surface area contributed by atoms with Gasteiger partial charge in [-0.15, -0.1) is 11.3 Å². The topological polar surface area (TPSA) is 76.7 Å². The normalized spacial score (nSPS) is 23.9. The van der Waals surface area contributed by atoms with Crippen molar-refractivity contribution in [2.45, 2.75) is 57.2 Å². The third-order valence-corrected chi connectivity index (χ3v) is 6.00. The van der Waals surface area contributed by atoms with Gasteiger partial charge in [0.25, 0.3) is 5.91 Å². The summed E-state index contributed by atoms with van der Waals surface area (Å²) in [7, 11) is 0. The SMILES string of the molecule is CC(C)(NC(=O)c1cccs1)C(=O)NC1CCOCC1OCC1CCC1. The van der Waals surface area contributed by atoms with Crippen LogP contribution in [-0.2, 0) is 14.3 Å². The monoisotopic (exact) mass is 380 g/mol. The van der Waals surface area contributed by atoms with Gasteiger partial charge in [-0.05, 0) is 50.5 Å². The van der Waals surface area contributed by atoms with Crippen molar-refractivity contribution in [2.24, 2.45) is 5.92 Å². The molecule has 6 nitrogen and oxygen atoms in total. The average molecular weight is 381 g/mol. The molecule has 2 fully saturated rings. The van der Waals surface area contributed by atoms with E-state index in [1.54, 1.807) is 19.9 Å². The van der Waals surface area contributed by atoms with Gasteiger partial charge in [-0.2, -0.15) is 0 Å². The zero-order chi connectivity index (χ0) is 18.6. The van der Waals surface area contributed by atoms with Crippen molar-refractivity contribution in [1.29, 1.82) is 0 Å². The smallest absolute Gasteiger partial charge is 0.262 e. The fourth-order valence-electron chi connectivity index (χ4n) is 3.12. The fraction of sp³-hybridized carbons (Fsp3) is 0.684. The standard InChI is InChI=1S/C19H28N2O4S/c1-19(2,21-17(22)16-7-4-10-26-16)18(23)20-14-8-9-24-12-15(14)25-11-13-5-3-6-13/h4,7,10,13-15H,3,5-6,8-9,11-12H2,1-2H3,(H,20,23)(H,21,22). The van der Waals surface area contributed by atoms with Gasteiger partial charge < -0.3 is 20.1 Å². The van der Waals surface area contributed by atoms with Crippen molar-refractivity contribution < 1.29 is 19.1 Å². The molecule has 3 rings (SSSR count). The maximum absolute atomic E-state index is 12.8. The van der Waals surface area contributed by atoms with Crippen LogP contribution in [0, 0.1) is 5.92 Å². The second-order valence-electron chi connectivity index (χ2n) is 7.67. The van der Waals surface area contributed by atoms with Gasteiger partial charge in [0, 0.05) is 13.2 Å². The van der Waals surface area contributed by atoms with Crippen LogP contribution in [0.15, 0.2) is 17.5 Å². The number of ether oxygens (including phenoxy) is 2. The summed E-state index contributed by atoms with van der Waals surface area (Å²) in [6, 6.07) is 3.48. The van der Waals surface area contributed by atoms with E-state index in [2.05, 4.69) is 10.6 Å². The summed E-state index contributed by atoms with van der Waals surface area (Å²) in [4.78, 5) is 25.6. The summed E-state index contributed by atoms with van der Waals surface area (Å²) >= 11 is 1.36. The van der Waals surface area contributed by atoms with Crippen LogP contribution in [0.2, 0.25) is 0 Å². The molecule has 1 aromatic heterocycles. The lowest BCUT2D eigenvalue weighted by Gasteiger charge is -2.36. The van der Waals surface area contributed by atoms with Crippen molar-refractivity contribution in [2.75, 3.05) is 19.8 Å². The molecule has 1 aliphatic heterocycles. The average Bonchev–Trinajstić information content (AvgIpc) is 3.09. The third kappa shape index (κ3) is 4.84. The second-order valence-corrected chi connectivity index (χ2v) is 8.62. The zero-order valence-corrected chi connectivity index (χ0v) is 16.3. The number of carbonyl (C=O) groups is 2. The molecule has 0 aromatic carbocycles. The van der Waals surface area contributed by atoms with E-state index in [-0.39, 0.29) is 24.0 Å². The number of hydrogen-bond acceptors (Lipinski definition) is 5. The Kier molecular flexibility index (Phi) is 6.32. The number of thiophene rings is 1. The summed E-state index contributed by atoms with van der Waals surface area (Å²) in [6.07, 6.45) is 4.33. The van der Waals surface area contributed by atoms with E-state index in [0.717, 1.165) is 13.0 Å². The third-order valence-electron chi connectivity index (χ3n) is 5.13. The van der Waals surface area contributed by atoms with E-state index in [1.165, 1.54) is 30.6 Å². The lowest BCUT2D eigenvalue weighted by molar-refractivity contribution is -0.132. The molecule has 1 aliphatic carbocycles. The number of amides is 2. The highest BCUT2D eigenvalue weighted by Gasteiger charge is 2.35. The first-order chi connectivity index (χ1) is 12.5. The minimum absolute atomic E-state index is 0.0887. The van der Waals surface area contributed by atoms with Gasteiger partial charge in [-0.25, -0.2) is 0 Å². The number of hydrogen-bond donors (Lipinski definition) is 2. The Morgan fingerprint density at radius 1 is 1.35 bits per heavy atom. The summed E-state index contributed by atoms with van der Waals surface area (Å²) in [5.41, 5.74) is -1.00. The second kappa shape index (κ2) is 8.50. The Labute approximate surface area is 158 Å².